The van der Waals surface area contributed by atoms with Gasteiger partial charge in [-0.3, -0.25) is 4.79 Å². The summed E-state index contributed by atoms with van der Waals surface area (Å²) >= 11 is 0. The van der Waals surface area contributed by atoms with Crippen LogP contribution in [0.2, 0.25) is 0 Å². The monoisotopic (exact) mass is 292 g/mol. The molecule has 0 unspecified atom stereocenters. The Labute approximate surface area is 126 Å². The largest absolute Gasteiger partial charge is 0.366 e. The van der Waals surface area contributed by atoms with E-state index >= 15 is 0 Å². The molecule has 116 valence electrons. The number of hydrogen-bond acceptors (Lipinski definition) is 2. The molecule has 1 aromatic rings. The van der Waals surface area contributed by atoms with E-state index in [4.69, 9.17) is 5.73 Å². The summed E-state index contributed by atoms with van der Waals surface area (Å²) < 4.78 is 13.8. The van der Waals surface area contributed by atoms with Crippen LogP contribution in [0.1, 0.15) is 61.4 Å². The highest BCUT2D eigenvalue weighted by molar-refractivity contribution is 5.92. The van der Waals surface area contributed by atoms with E-state index in [-0.39, 0.29) is 5.82 Å². The molecule has 0 heterocycles. The molecule has 0 bridgehead atoms. The molecule has 0 aromatic heterocycles. The molecule has 0 aliphatic heterocycles. The van der Waals surface area contributed by atoms with Crippen LogP contribution in [0, 0.1) is 11.7 Å². The average molecular weight is 292 g/mol. The lowest BCUT2D eigenvalue weighted by Crippen LogP contribution is -2.33. The summed E-state index contributed by atoms with van der Waals surface area (Å²) in [5.41, 5.74) is 6.10. The van der Waals surface area contributed by atoms with Crippen LogP contribution in [-0.2, 0) is 6.54 Å². The summed E-state index contributed by atoms with van der Waals surface area (Å²) in [6.07, 6.45) is 7.75. The van der Waals surface area contributed by atoms with E-state index < -0.39 is 5.91 Å². The van der Waals surface area contributed by atoms with Gasteiger partial charge in [0.05, 0.1) is 0 Å². The minimum Gasteiger partial charge on any atom is -0.366 e. The fourth-order valence-corrected chi connectivity index (χ4v) is 3.11. The summed E-state index contributed by atoms with van der Waals surface area (Å²) in [6, 6.07) is 4.65. The van der Waals surface area contributed by atoms with Crippen molar-refractivity contribution in [1.29, 1.82) is 0 Å². The van der Waals surface area contributed by atoms with Crippen molar-refractivity contribution in [3.63, 3.8) is 0 Å². The van der Waals surface area contributed by atoms with Gasteiger partial charge >= 0.3 is 0 Å². The zero-order valence-corrected chi connectivity index (χ0v) is 12.7. The van der Waals surface area contributed by atoms with E-state index in [2.05, 4.69) is 12.2 Å². The quantitative estimate of drug-likeness (QED) is 0.817. The number of primary amides is 1. The van der Waals surface area contributed by atoms with Crippen molar-refractivity contribution >= 4 is 5.91 Å². The van der Waals surface area contributed by atoms with Crippen LogP contribution in [0.5, 0.6) is 0 Å². The van der Waals surface area contributed by atoms with Gasteiger partial charge in [0.25, 0.3) is 0 Å². The Morgan fingerprint density at radius 2 is 2.00 bits per heavy atom. The Bertz CT molecular complexity index is 482. The third kappa shape index (κ3) is 4.53. The summed E-state index contributed by atoms with van der Waals surface area (Å²) in [7, 11) is 0. The first kappa shape index (κ1) is 16.0. The van der Waals surface area contributed by atoms with Crippen LogP contribution in [0.15, 0.2) is 18.2 Å². The Morgan fingerprint density at radius 3 is 2.62 bits per heavy atom. The van der Waals surface area contributed by atoms with Crippen LogP contribution >= 0.6 is 0 Å². The fraction of sp³-hybridized carbons (Fsp3) is 0.588. The molecule has 1 aliphatic carbocycles. The number of hydrogen-bond donors (Lipinski definition) is 2. The lowest BCUT2D eigenvalue weighted by atomic mass is 9.93. The first-order valence-electron chi connectivity index (χ1n) is 7.89. The highest BCUT2D eigenvalue weighted by Gasteiger charge is 2.19. The average Bonchev–Trinajstić information content (AvgIpc) is 2.75. The van der Waals surface area contributed by atoms with Crippen LogP contribution in [-0.4, -0.2) is 11.9 Å². The lowest BCUT2D eigenvalue weighted by molar-refractivity contribution is 0.1000. The molecular formula is C17H25FN2O. The predicted octanol–water partition coefficient (Wildman–Crippen LogP) is 3.37. The molecule has 1 aromatic carbocycles. The van der Waals surface area contributed by atoms with Crippen molar-refractivity contribution in [3.05, 3.63) is 35.1 Å². The summed E-state index contributed by atoms with van der Waals surface area (Å²) in [5, 5.41) is 3.41. The lowest BCUT2D eigenvalue weighted by Gasteiger charge is -2.24. The second-order valence-corrected chi connectivity index (χ2v) is 6.09. The highest BCUT2D eigenvalue weighted by Crippen LogP contribution is 2.25. The van der Waals surface area contributed by atoms with Gasteiger partial charge in [-0.15, -0.1) is 0 Å². The summed E-state index contributed by atoms with van der Waals surface area (Å²) in [6.45, 7) is 2.61. The van der Waals surface area contributed by atoms with E-state index in [1.165, 1.54) is 50.7 Å². The van der Waals surface area contributed by atoms with Crippen LogP contribution < -0.4 is 11.1 Å². The normalized spacial score (nSPS) is 18.2. The molecule has 1 saturated carbocycles. The molecule has 3 N–H and O–H groups in total. The molecule has 4 heteroatoms. The molecular weight excluding hydrogens is 267 g/mol. The molecule has 0 saturated heterocycles. The van der Waals surface area contributed by atoms with Gasteiger partial charge in [0.15, 0.2) is 0 Å². The number of carbonyl (C=O) groups is 1. The topological polar surface area (TPSA) is 55.1 Å². The highest BCUT2D eigenvalue weighted by atomic mass is 19.1. The van der Waals surface area contributed by atoms with Crippen LogP contribution in [0.25, 0.3) is 0 Å². The second kappa shape index (κ2) is 7.55. The molecule has 1 atom stereocenters. The number of halogens is 1. The van der Waals surface area contributed by atoms with Gasteiger partial charge in [0, 0.05) is 23.7 Å². The van der Waals surface area contributed by atoms with Crippen LogP contribution in [0.4, 0.5) is 4.39 Å². The number of nitrogens with one attached hydrogen (secondary N) is 1. The molecule has 2 rings (SSSR count). The number of rotatable bonds is 5. The molecule has 3 nitrogen and oxygen atoms in total. The van der Waals surface area contributed by atoms with Crippen molar-refractivity contribution in [1.82, 2.24) is 5.32 Å². The van der Waals surface area contributed by atoms with Crippen molar-refractivity contribution in [2.45, 2.75) is 58.0 Å². The molecule has 21 heavy (non-hydrogen) atoms. The van der Waals surface area contributed by atoms with Crippen molar-refractivity contribution in [2.75, 3.05) is 0 Å². The first-order valence-corrected chi connectivity index (χ1v) is 7.89. The Balaban J connectivity index is 1.95. The number of benzene rings is 1. The smallest absolute Gasteiger partial charge is 0.248 e. The van der Waals surface area contributed by atoms with Crippen molar-refractivity contribution in [2.24, 2.45) is 11.7 Å². The summed E-state index contributed by atoms with van der Waals surface area (Å²) in [5.74, 6) is -0.150. The number of nitrogens with two attached hydrogens (primary N) is 1. The minimum atomic E-state index is -0.520. The minimum absolute atomic E-state index is 0.291. The van der Waals surface area contributed by atoms with Gasteiger partial charge < -0.3 is 11.1 Å². The van der Waals surface area contributed by atoms with Crippen molar-refractivity contribution in [3.8, 4) is 0 Å². The predicted molar refractivity (Wildman–Crippen MR) is 82.4 cm³/mol. The maximum absolute atomic E-state index is 13.8. The van der Waals surface area contributed by atoms with Gasteiger partial charge in [-0.2, -0.15) is 0 Å². The SMILES string of the molecule is C[C@H](NCc1cc(C(N)=O)ccc1F)C1CCCCCC1. The Hall–Kier alpha value is -1.42. The maximum atomic E-state index is 13.8. The third-order valence-electron chi connectivity index (χ3n) is 4.55. The maximum Gasteiger partial charge on any atom is 0.248 e. The zero-order chi connectivity index (χ0) is 15.2. The Kier molecular flexibility index (Phi) is 5.74. The molecule has 1 aliphatic rings. The van der Waals surface area contributed by atoms with Gasteiger partial charge in [0.1, 0.15) is 5.82 Å². The van der Waals surface area contributed by atoms with E-state index in [0.717, 1.165) is 0 Å². The van der Waals surface area contributed by atoms with E-state index in [1.54, 1.807) is 6.07 Å². The van der Waals surface area contributed by atoms with E-state index in [0.29, 0.717) is 29.6 Å². The zero-order valence-electron chi connectivity index (χ0n) is 12.7. The molecule has 0 spiro atoms. The fourth-order valence-electron chi connectivity index (χ4n) is 3.11. The molecule has 0 radical (unpaired) electrons. The van der Waals surface area contributed by atoms with Gasteiger partial charge in [-0.25, -0.2) is 4.39 Å². The van der Waals surface area contributed by atoms with Gasteiger partial charge in [-0.1, -0.05) is 25.7 Å². The Morgan fingerprint density at radius 1 is 1.33 bits per heavy atom. The second-order valence-electron chi connectivity index (χ2n) is 6.09. The van der Waals surface area contributed by atoms with Gasteiger partial charge in [0.2, 0.25) is 5.91 Å². The van der Waals surface area contributed by atoms with Crippen LogP contribution in [0.3, 0.4) is 0 Å². The van der Waals surface area contributed by atoms with E-state index in [9.17, 15) is 9.18 Å². The van der Waals surface area contributed by atoms with Gasteiger partial charge in [-0.05, 0) is 43.9 Å². The summed E-state index contributed by atoms with van der Waals surface area (Å²) in [4.78, 5) is 11.2. The molecule has 1 fully saturated rings. The molecule has 1 amide bonds. The van der Waals surface area contributed by atoms with Crippen molar-refractivity contribution < 1.29 is 9.18 Å². The number of amides is 1. The third-order valence-corrected chi connectivity index (χ3v) is 4.55. The standard InChI is InChI=1S/C17H25FN2O/c1-12(13-6-4-2-3-5-7-13)20-11-15-10-14(17(19)21)8-9-16(15)18/h8-10,12-13,20H,2-7,11H2,1H3,(H2,19,21)/t12-/m0/s1. The number of carbonyl (C=O) groups excluding carboxylic acids is 1. The van der Waals surface area contributed by atoms with E-state index in [1.807, 2.05) is 0 Å². The first-order chi connectivity index (χ1) is 10.1.